The molecule has 0 N–H and O–H groups in total. The van der Waals surface area contributed by atoms with Crippen molar-refractivity contribution in [2.24, 2.45) is 0 Å². The zero-order chi connectivity index (χ0) is 13.4. The van der Waals surface area contributed by atoms with Crippen LogP contribution in [0.4, 0.5) is 0 Å². The molecule has 1 aromatic carbocycles. The van der Waals surface area contributed by atoms with Gasteiger partial charge in [0.05, 0.1) is 12.7 Å². The highest BCUT2D eigenvalue weighted by molar-refractivity contribution is 6.31. The molecule has 0 heterocycles. The van der Waals surface area contributed by atoms with Crippen LogP contribution in [0.2, 0.25) is 5.02 Å². The SMILES string of the molecule is C=CCC(OCCOC(C)=O)c1ccccc1Cl. The largest absolute Gasteiger partial charge is 0.463 e. The first-order chi connectivity index (χ1) is 8.65. The lowest BCUT2D eigenvalue weighted by atomic mass is 10.1. The number of hydrogen-bond donors (Lipinski definition) is 0. The Bertz CT molecular complexity index is 404. The standard InChI is InChI=1S/C14H17ClO3/c1-3-6-14(18-10-9-17-11(2)16)12-7-4-5-8-13(12)15/h3-5,7-8,14H,1,6,9-10H2,2H3. The second kappa shape index (κ2) is 7.90. The van der Waals surface area contributed by atoms with Gasteiger partial charge in [0.25, 0.3) is 0 Å². The molecule has 1 atom stereocenters. The number of rotatable bonds is 7. The third-order valence-corrected chi connectivity index (χ3v) is 2.68. The lowest BCUT2D eigenvalue weighted by Gasteiger charge is -2.17. The average Bonchev–Trinajstić information content (AvgIpc) is 2.34. The Hall–Kier alpha value is -1.32. The summed E-state index contributed by atoms with van der Waals surface area (Å²) in [5.74, 6) is -0.309. The third-order valence-electron chi connectivity index (χ3n) is 2.34. The highest BCUT2D eigenvalue weighted by atomic mass is 35.5. The van der Waals surface area contributed by atoms with Gasteiger partial charge in [-0.1, -0.05) is 35.9 Å². The monoisotopic (exact) mass is 268 g/mol. The van der Waals surface area contributed by atoms with Gasteiger partial charge in [0.15, 0.2) is 0 Å². The molecule has 0 aliphatic heterocycles. The Balaban J connectivity index is 2.57. The van der Waals surface area contributed by atoms with E-state index in [0.717, 1.165) is 5.56 Å². The molecule has 1 aromatic rings. The van der Waals surface area contributed by atoms with E-state index in [9.17, 15) is 4.79 Å². The maximum Gasteiger partial charge on any atom is 0.302 e. The van der Waals surface area contributed by atoms with Crippen LogP contribution in [0.15, 0.2) is 36.9 Å². The molecule has 1 unspecified atom stereocenters. The van der Waals surface area contributed by atoms with E-state index in [1.54, 1.807) is 6.08 Å². The zero-order valence-electron chi connectivity index (χ0n) is 10.4. The third kappa shape index (κ3) is 4.90. The molecule has 0 spiro atoms. The molecular formula is C14H17ClO3. The van der Waals surface area contributed by atoms with Crippen LogP contribution < -0.4 is 0 Å². The topological polar surface area (TPSA) is 35.5 Å². The van der Waals surface area contributed by atoms with Crippen LogP contribution in [-0.2, 0) is 14.3 Å². The summed E-state index contributed by atoms with van der Waals surface area (Å²) in [7, 11) is 0. The molecule has 3 nitrogen and oxygen atoms in total. The van der Waals surface area contributed by atoms with Crippen molar-refractivity contribution in [2.45, 2.75) is 19.4 Å². The fourth-order valence-electron chi connectivity index (χ4n) is 1.55. The minimum absolute atomic E-state index is 0.160. The first-order valence-electron chi connectivity index (χ1n) is 5.75. The predicted molar refractivity (Wildman–Crippen MR) is 71.6 cm³/mol. The second-order valence-corrected chi connectivity index (χ2v) is 4.15. The summed E-state index contributed by atoms with van der Waals surface area (Å²) in [4.78, 5) is 10.6. The van der Waals surface area contributed by atoms with Crippen molar-refractivity contribution < 1.29 is 14.3 Å². The van der Waals surface area contributed by atoms with E-state index in [2.05, 4.69) is 6.58 Å². The van der Waals surface area contributed by atoms with E-state index in [-0.39, 0.29) is 18.7 Å². The molecule has 98 valence electrons. The molecule has 4 heteroatoms. The van der Waals surface area contributed by atoms with Gasteiger partial charge in [-0.2, -0.15) is 0 Å². The molecular weight excluding hydrogens is 252 g/mol. The van der Waals surface area contributed by atoms with E-state index in [0.29, 0.717) is 18.1 Å². The maximum absolute atomic E-state index is 10.6. The second-order valence-electron chi connectivity index (χ2n) is 3.75. The Morgan fingerprint density at radius 3 is 2.78 bits per heavy atom. The Kier molecular flexibility index (Phi) is 6.47. The van der Waals surface area contributed by atoms with E-state index < -0.39 is 0 Å². The molecule has 0 radical (unpaired) electrons. The molecule has 18 heavy (non-hydrogen) atoms. The number of ether oxygens (including phenoxy) is 2. The number of esters is 1. The first kappa shape index (κ1) is 14.7. The van der Waals surface area contributed by atoms with Crippen molar-refractivity contribution in [1.29, 1.82) is 0 Å². The molecule has 0 fully saturated rings. The van der Waals surface area contributed by atoms with E-state index >= 15 is 0 Å². The Morgan fingerprint density at radius 2 is 2.17 bits per heavy atom. The van der Waals surface area contributed by atoms with Crippen LogP contribution in [-0.4, -0.2) is 19.2 Å². The van der Waals surface area contributed by atoms with Gasteiger partial charge in [-0.15, -0.1) is 6.58 Å². The van der Waals surface area contributed by atoms with Crippen molar-refractivity contribution in [3.63, 3.8) is 0 Å². The summed E-state index contributed by atoms with van der Waals surface area (Å²) >= 11 is 6.12. The molecule has 0 amide bonds. The van der Waals surface area contributed by atoms with Gasteiger partial charge in [0.2, 0.25) is 0 Å². The Labute approximate surface area is 112 Å². The van der Waals surface area contributed by atoms with Crippen LogP contribution in [0.3, 0.4) is 0 Å². The summed E-state index contributed by atoms with van der Waals surface area (Å²) in [5, 5.41) is 0.664. The lowest BCUT2D eigenvalue weighted by Crippen LogP contribution is -2.11. The van der Waals surface area contributed by atoms with Crippen molar-refractivity contribution in [3.8, 4) is 0 Å². The number of carbonyl (C=O) groups is 1. The van der Waals surface area contributed by atoms with Crippen molar-refractivity contribution in [1.82, 2.24) is 0 Å². The highest BCUT2D eigenvalue weighted by Gasteiger charge is 2.13. The van der Waals surface area contributed by atoms with Crippen LogP contribution in [0, 0.1) is 0 Å². The minimum Gasteiger partial charge on any atom is -0.463 e. The van der Waals surface area contributed by atoms with Crippen LogP contribution >= 0.6 is 11.6 Å². The smallest absolute Gasteiger partial charge is 0.302 e. The van der Waals surface area contributed by atoms with Crippen molar-refractivity contribution in [2.75, 3.05) is 13.2 Å². The summed E-state index contributed by atoms with van der Waals surface area (Å²) < 4.78 is 10.5. The van der Waals surface area contributed by atoms with Gasteiger partial charge in [-0.25, -0.2) is 0 Å². The van der Waals surface area contributed by atoms with Crippen LogP contribution in [0.1, 0.15) is 25.0 Å². The Morgan fingerprint density at radius 1 is 1.44 bits per heavy atom. The maximum atomic E-state index is 10.6. The van der Waals surface area contributed by atoms with E-state index in [1.165, 1.54) is 6.92 Å². The van der Waals surface area contributed by atoms with Gasteiger partial charge >= 0.3 is 5.97 Å². The summed E-state index contributed by atoms with van der Waals surface area (Å²) in [6, 6.07) is 7.52. The summed E-state index contributed by atoms with van der Waals surface area (Å²) in [5.41, 5.74) is 0.918. The molecule has 0 saturated carbocycles. The van der Waals surface area contributed by atoms with Gasteiger partial charge in [0, 0.05) is 11.9 Å². The normalized spacial score (nSPS) is 11.9. The fraction of sp³-hybridized carbons (Fsp3) is 0.357. The summed E-state index contributed by atoms with van der Waals surface area (Å²) in [6.07, 6.45) is 2.27. The van der Waals surface area contributed by atoms with Crippen LogP contribution in [0.5, 0.6) is 0 Å². The molecule has 0 saturated heterocycles. The van der Waals surface area contributed by atoms with E-state index in [4.69, 9.17) is 21.1 Å². The van der Waals surface area contributed by atoms with Crippen LogP contribution in [0.25, 0.3) is 0 Å². The van der Waals surface area contributed by atoms with Crippen molar-refractivity contribution >= 4 is 17.6 Å². The summed E-state index contributed by atoms with van der Waals surface area (Å²) in [6.45, 7) is 5.65. The predicted octanol–water partition coefficient (Wildman–Crippen LogP) is 3.54. The number of carbonyl (C=O) groups excluding carboxylic acids is 1. The number of benzene rings is 1. The van der Waals surface area contributed by atoms with Gasteiger partial charge in [-0.3, -0.25) is 4.79 Å². The number of halogens is 1. The molecule has 0 aliphatic carbocycles. The molecule has 0 bridgehead atoms. The first-order valence-corrected chi connectivity index (χ1v) is 6.13. The average molecular weight is 269 g/mol. The highest BCUT2D eigenvalue weighted by Crippen LogP contribution is 2.28. The van der Waals surface area contributed by atoms with Gasteiger partial charge in [0.1, 0.15) is 6.61 Å². The van der Waals surface area contributed by atoms with E-state index in [1.807, 2.05) is 24.3 Å². The van der Waals surface area contributed by atoms with Gasteiger partial charge in [-0.05, 0) is 18.1 Å². The number of hydrogen-bond acceptors (Lipinski definition) is 3. The quantitative estimate of drug-likeness (QED) is 0.431. The van der Waals surface area contributed by atoms with Crippen molar-refractivity contribution in [3.05, 3.63) is 47.5 Å². The zero-order valence-corrected chi connectivity index (χ0v) is 11.2. The molecule has 1 rings (SSSR count). The molecule has 0 aromatic heterocycles. The van der Waals surface area contributed by atoms with Gasteiger partial charge < -0.3 is 9.47 Å². The minimum atomic E-state index is -0.309. The lowest BCUT2D eigenvalue weighted by molar-refractivity contribution is -0.143. The molecule has 0 aliphatic rings. The fourth-order valence-corrected chi connectivity index (χ4v) is 1.81.